The van der Waals surface area contributed by atoms with Gasteiger partial charge in [-0.25, -0.2) is 0 Å². The van der Waals surface area contributed by atoms with E-state index in [1.807, 2.05) is 13.8 Å². The molecule has 0 saturated heterocycles. The Bertz CT molecular complexity index is 118. The van der Waals surface area contributed by atoms with Crippen molar-refractivity contribution in [2.24, 2.45) is 5.41 Å². The monoisotopic (exact) mass is 162 g/mol. The molecule has 0 unspecified atom stereocenters. The van der Waals surface area contributed by atoms with Gasteiger partial charge in [0.2, 0.25) is 5.24 Å². The highest BCUT2D eigenvalue weighted by molar-refractivity contribution is 6.64. The molecule has 0 aromatic carbocycles. The predicted molar refractivity (Wildman–Crippen MR) is 44.2 cm³/mol. The molecule has 0 aliphatic heterocycles. The summed E-state index contributed by atoms with van der Waals surface area (Å²) in [5, 5.41) is -0.221. The van der Waals surface area contributed by atoms with Gasteiger partial charge in [-0.05, 0) is 18.0 Å². The van der Waals surface area contributed by atoms with Gasteiger partial charge in [-0.2, -0.15) is 0 Å². The van der Waals surface area contributed by atoms with Gasteiger partial charge >= 0.3 is 0 Å². The zero-order chi connectivity index (χ0) is 8.20. The molecule has 0 amide bonds. The molecule has 0 aliphatic rings. The van der Waals surface area contributed by atoms with E-state index in [1.165, 1.54) is 0 Å². The molecule has 0 aromatic heterocycles. The molecule has 60 valence electrons. The van der Waals surface area contributed by atoms with E-state index in [9.17, 15) is 4.79 Å². The molecule has 0 radical (unpaired) electrons. The fraction of sp³-hybridized carbons (Fsp3) is 0.875. The summed E-state index contributed by atoms with van der Waals surface area (Å²) in [6.45, 7) is 5.88. The maximum Gasteiger partial charge on any atom is 0.227 e. The molecule has 1 nitrogen and oxygen atoms in total. The highest BCUT2D eigenvalue weighted by Gasteiger charge is 2.24. The van der Waals surface area contributed by atoms with Crippen LogP contribution in [0, 0.1) is 5.41 Å². The van der Waals surface area contributed by atoms with Gasteiger partial charge in [0.05, 0.1) is 0 Å². The summed E-state index contributed by atoms with van der Waals surface area (Å²) in [4.78, 5) is 10.7. The molecule has 0 saturated carbocycles. The Hall–Kier alpha value is -0.0400. The zero-order valence-corrected chi connectivity index (χ0v) is 7.66. The second-order valence-electron chi connectivity index (χ2n) is 3.26. The predicted octanol–water partition coefficient (Wildman–Crippen LogP) is 2.97. The number of hydrogen-bond acceptors (Lipinski definition) is 1. The molecule has 0 spiro atoms. The van der Waals surface area contributed by atoms with Crippen LogP contribution in [0.15, 0.2) is 0 Å². The topological polar surface area (TPSA) is 17.1 Å². The van der Waals surface area contributed by atoms with E-state index in [-0.39, 0.29) is 10.7 Å². The van der Waals surface area contributed by atoms with Crippen molar-refractivity contribution in [1.82, 2.24) is 0 Å². The van der Waals surface area contributed by atoms with E-state index in [2.05, 4.69) is 6.92 Å². The molecular formula is C8H15ClO. The van der Waals surface area contributed by atoms with Gasteiger partial charge in [0.1, 0.15) is 0 Å². The van der Waals surface area contributed by atoms with Crippen LogP contribution in [0.3, 0.4) is 0 Å². The lowest BCUT2D eigenvalue weighted by molar-refractivity contribution is -0.119. The molecule has 0 atom stereocenters. The van der Waals surface area contributed by atoms with Gasteiger partial charge < -0.3 is 0 Å². The third-order valence-electron chi connectivity index (χ3n) is 1.69. The second kappa shape index (κ2) is 3.97. The summed E-state index contributed by atoms with van der Waals surface area (Å²) in [6.07, 6.45) is 3.09. The Morgan fingerprint density at radius 1 is 1.50 bits per heavy atom. The highest BCUT2D eigenvalue weighted by atomic mass is 35.5. The first-order valence-electron chi connectivity index (χ1n) is 3.70. The summed E-state index contributed by atoms with van der Waals surface area (Å²) in [5.41, 5.74) is -0.322. The summed E-state index contributed by atoms with van der Waals surface area (Å²) >= 11 is 5.37. The summed E-state index contributed by atoms with van der Waals surface area (Å²) in [7, 11) is 0. The van der Waals surface area contributed by atoms with Crippen molar-refractivity contribution >= 4 is 16.8 Å². The third-order valence-corrected chi connectivity index (χ3v) is 2.20. The molecular weight excluding hydrogens is 148 g/mol. The molecule has 2 heteroatoms. The van der Waals surface area contributed by atoms with E-state index in [0.29, 0.717) is 0 Å². The van der Waals surface area contributed by atoms with Gasteiger partial charge in [0.25, 0.3) is 0 Å². The van der Waals surface area contributed by atoms with Gasteiger partial charge in [-0.3, -0.25) is 4.79 Å². The van der Waals surface area contributed by atoms with Crippen molar-refractivity contribution in [1.29, 1.82) is 0 Å². The SMILES string of the molecule is CCCCC(C)(C)C(=O)Cl. The Morgan fingerprint density at radius 3 is 2.30 bits per heavy atom. The molecule has 0 bridgehead atoms. The number of unbranched alkanes of at least 4 members (excludes halogenated alkanes) is 1. The quantitative estimate of drug-likeness (QED) is 0.581. The largest absolute Gasteiger partial charge is 0.281 e. The first-order chi connectivity index (χ1) is 4.50. The molecule has 0 aliphatic carbocycles. The van der Waals surface area contributed by atoms with Crippen LogP contribution in [0.1, 0.15) is 40.0 Å². The second-order valence-corrected chi connectivity index (χ2v) is 3.60. The van der Waals surface area contributed by atoms with Gasteiger partial charge in [-0.1, -0.05) is 33.6 Å². The highest BCUT2D eigenvalue weighted by Crippen LogP contribution is 2.25. The molecule has 0 aromatic rings. The first-order valence-corrected chi connectivity index (χ1v) is 4.08. The smallest absolute Gasteiger partial charge is 0.227 e. The van der Waals surface area contributed by atoms with E-state index in [0.717, 1.165) is 19.3 Å². The molecule has 0 fully saturated rings. The lowest BCUT2D eigenvalue weighted by atomic mass is 9.89. The molecule has 0 heterocycles. The lowest BCUT2D eigenvalue weighted by Crippen LogP contribution is -2.18. The van der Waals surface area contributed by atoms with Crippen LogP contribution in [-0.2, 0) is 4.79 Å². The van der Waals surface area contributed by atoms with Gasteiger partial charge in [0, 0.05) is 5.41 Å². The zero-order valence-electron chi connectivity index (χ0n) is 6.91. The lowest BCUT2D eigenvalue weighted by Gasteiger charge is -2.18. The minimum atomic E-state index is -0.322. The minimum Gasteiger partial charge on any atom is -0.281 e. The van der Waals surface area contributed by atoms with Crippen molar-refractivity contribution in [3.63, 3.8) is 0 Å². The molecule has 0 N–H and O–H groups in total. The van der Waals surface area contributed by atoms with E-state index < -0.39 is 0 Å². The molecule has 0 rings (SSSR count). The average Bonchev–Trinajstić information content (AvgIpc) is 1.84. The normalized spacial score (nSPS) is 11.6. The van der Waals surface area contributed by atoms with Crippen LogP contribution in [-0.4, -0.2) is 5.24 Å². The van der Waals surface area contributed by atoms with E-state index in [1.54, 1.807) is 0 Å². The number of rotatable bonds is 4. The maximum atomic E-state index is 10.7. The number of carbonyl (C=O) groups is 1. The number of halogens is 1. The number of hydrogen-bond donors (Lipinski definition) is 0. The fourth-order valence-electron chi connectivity index (χ4n) is 0.717. The van der Waals surface area contributed by atoms with Crippen molar-refractivity contribution in [2.45, 2.75) is 40.0 Å². The van der Waals surface area contributed by atoms with Crippen LogP contribution in [0.5, 0.6) is 0 Å². The van der Waals surface area contributed by atoms with Crippen molar-refractivity contribution in [3.8, 4) is 0 Å². The van der Waals surface area contributed by atoms with Crippen LogP contribution in [0.2, 0.25) is 0 Å². The summed E-state index contributed by atoms with van der Waals surface area (Å²) in [5.74, 6) is 0. The fourth-order valence-corrected chi connectivity index (χ4v) is 0.811. The van der Waals surface area contributed by atoms with Gasteiger partial charge in [-0.15, -0.1) is 0 Å². The number of carbonyl (C=O) groups excluding carboxylic acids is 1. The van der Waals surface area contributed by atoms with Crippen molar-refractivity contribution in [2.75, 3.05) is 0 Å². The van der Waals surface area contributed by atoms with Crippen LogP contribution in [0.25, 0.3) is 0 Å². The van der Waals surface area contributed by atoms with Crippen LogP contribution >= 0.6 is 11.6 Å². The van der Waals surface area contributed by atoms with Crippen LogP contribution in [0.4, 0.5) is 0 Å². The average molecular weight is 163 g/mol. The molecule has 10 heavy (non-hydrogen) atoms. The van der Waals surface area contributed by atoms with Crippen molar-refractivity contribution in [3.05, 3.63) is 0 Å². The van der Waals surface area contributed by atoms with E-state index in [4.69, 9.17) is 11.6 Å². The summed E-state index contributed by atoms with van der Waals surface area (Å²) in [6, 6.07) is 0. The summed E-state index contributed by atoms with van der Waals surface area (Å²) < 4.78 is 0. The van der Waals surface area contributed by atoms with Gasteiger partial charge in [0.15, 0.2) is 0 Å². The Kier molecular flexibility index (Phi) is 3.95. The Balaban J connectivity index is 3.75. The third kappa shape index (κ3) is 3.21. The van der Waals surface area contributed by atoms with Crippen molar-refractivity contribution < 1.29 is 4.79 Å². The first kappa shape index (κ1) is 9.96. The van der Waals surface area contributed by atoms with Crippen LogP contribution < -0.4 is 0 Å². The van der Waals surface area contributed by atoms with E-state index >= 15 is 0 Å². The maximum absolute atomic E-state index is 10.7. The Morgan fingerprint density at radius 2 is 2.00 bits per heavy atom. The Labute approximate surface area is 67.8 Å². The standard InChI is InChI=1S/C8H15ClO/c1-4-5-6-8(2,3)7(9)10/h4-6H2,1-3H3. The minimum absolute atomic E-state index is 0.221.